The molecule has 0 saturated carbocycles. The maximum atomic E-state index is 11.6. The van der Waals surface area contributed by atoms with Crippen molar-refractivity contribution < 1.29 is 19.0 Å². The number of hydrogen-bond acceptors (Lipinski definition) is 5. The van der Waals surface area contributed by atoms with Crippen molar-refractivity contribution in [2.75, 3.05) is 26.6 Å². The van der Waals surface area contributed by atoms with Crippen LogP contribution in [0.1, 0.15) is 17.3 Å². The molecule has 0 unspecified atom stereocenters. The predicted octanol–water partition coefficient (Wildman–Crippen LogP) is 1.46. The zero-order valence-electron chi connectivity index (χ0n) is 9.57. The van der Waals surface area contributed by atoms with Crippen molar-refractivity contribution in [3.8, 4) is 11.5 Å². The van der Waals surface area contributed by atoms with Gasteiger partial charge in [-0.25, -0.2) is 4.79 Å². The van der Waals surface area contributed by atoms with Crippen molar-refractivity contribution >= 4 is 11.7 Å². The van der Waals surface area contributed by atoms with Crippen LogP contribution in [-0.2, 0) is 4.74 Å². The summed E-state index contributed by atoms with van der Waals surface area (Å²) in [5.74, 6) is 0.332. The molecule has 0 aliphatic carbocycles. The Balaban J connectivity index is 3.19. The van der Waals surface area contributed by atoms with E-state index in [0.29, 0.717) is 29.4 Å². The van der Waals surface area contributed by atoms with E-state index in [9.17, 15) is 4.79 Å². The molecule has 0 amide bonds. The summed E-state index contributed by atoms with van der Waals surface area (Å²) in [6.07, 6.45) is 0. The SMILES string of the molecule is CCOC(=O)c1cc(OC)c(N)cc1OC. The van der Waals surface area contributed by atoms with Gasteiger partial charge in [-0.05, 0) is 6.92 Å². The molecule has 1 aromatic rings. The van der Waals surface area contributed by atoms with E-state index in [1.165, 1.54) is 26.4 Å². The third-order valence-corrected chi connectivity index (χ3v) is 2.05. The molecule has 2 N–H and O–H groups in total. The first-order valence-corrected chi connectivity index (χ1v) is 4.82. The summed E-state index contributed by atoms with van der Waals surface area (Å²) in [6.45, 7) is 2.04. The van der Waals surface area contributed by atoms with Gasteiger partial charge in [0.05, 0.1) is 26.5 Å². The van der Waals surface area contributed by atoms with Gasteiger partial charge < -0.3 is 19.9 Å². The summed E-state index contributed by atoms with van der Waals surface area (Å²) in [5.41, 5.74) is 6.40. The van der Waals surface area contributed by atoms with E-state index < -0.39 is 5.97 Å². The molecule has 0 radical (unpaired) electrons. The summed E-state index contributed by atoms with van der Waals surface area (Å²) < 4.78 is 15.0. The van der Waals surface area contributed by atoms with Crippen LogP contribution in [0.5, 0.6) is 11.5 Å². The second kappa shape index (κ2) is 5.25. The van der Waals surface area contributed by atoms with E-state index >= 15 is 0 Å². The highest BCUT2D eigenvalue weighted by molar-refractivity contribution is 5.94. The molecule has 0 fully saturated rings. The lowest BCUT2D eigenvalue weighted by Crippen LogP contribution is -2.08. The number of carbonyl (C=O) groups is 1. The summed E-state index contributed by atoms with van der Waals surface area (Å²) >= 11 is 0. The Bertz CT molecular complexity index is 390. The number of nitrogen functional groups attached to an aromatic ring is 1. The Labute approximate surface area is 94.1 Å². The first kappa shape index (κ1) is 12.2. The van der Waals surface area contributed by atoms with Gasteiger partial charge in [0.1, 0.15) is 17.1 Å². The van der Waals surface area contributed by atoms with Gasteiger partial charge in [-0.15, -0.1) is 0 Å². The average Bonchev–Trinajstić information content (AvgIpc) is 2.28. The van der Waals surface area contributed by atoms with Crippen LogP contribution in [0.2, 0.25) is 0 Å². The molecule has 0 heterocycles. The molecule has 0 aliphatic heterocycles. The van der Waals surface area contributed by atoms with Gasteiger partial charge in [0.25, 0.3) is 0 Å². The van der Waals surface area contributed by atoms with E-state index in [-0.39, 0.29) is 0 Å². The second-order valence-corrected chi connectivity index (χ2v) is 3.01. The van der Waals surface area contributed by atoms with Crippen LogP contribution >= 0.6 is 0 Å². The topological polar surface area (TPSA) is 70.8 Å². The van der Waals surface area contributed by atoms with Gasteiger partial charge in [0.2, 0.25) is 0 Å². The normalized spacial score (nSPS) is 9.69. The average molecular weight is 225 g/mol. The Kier molecular flexibility index (Phi) is 3.99. The molecule has 1 rings (SSSR count). The van der Waals surface area contributed by atoms with Crippen molar-refractivity contribution in [1.29, 1.82) is 0 Å². The smallest absolute Gasteiger partial charge is 0.342 e. The minimum Gasteiger partial charge on any atom is -0.496 e. The quantitative estimate of drug-likeness (QED) is 0.620. The standard InChI is InChI=1S/C11H15NO4/c1-4-16-11(13)7-5-10(15-3)8(12)6-9(7)14-2/h5-6H,4,12H2,1-3H3. The van der Waals surface area contributed by atoms with E-state index in [2.05, 4.69) is 0 Å². The van der Waals surface area contributed by atoms with Crippen molar-refractivity contribution in [2.45, 2.75) is 6.92 Å². The van der Waals surface area contributed by atoms with Gasteiger partial charge in [-0.3, -0.25) is 0 Å². The third-order valence-electron chi connectivity index (χ3n) is 2.05. The van der Waals surface area contributed by atoms with Gasteiger partial charge in [0, 0.05) is 12.1 Å². The highest BCUT2D eigenvalue weighted by atomic mass is 16.5. The van der Waals surface area contributed by atoms with Crippen molar-refractivity contribution in [2.24, 2.45) is 0 Å². The van der Waals surface area contributed by atoms with Gasteiger partial charge >= 0.3 is 5.97 Å². The fraction of sp³-hybridized carbons (Fsp3) is 0.364. The summed E-state index contributed by atoms with van der Waals surface area (Å²) in [4.78, 5) is 11.6. The molecule has 16 heavy (non-hydrogen) atoms. The van der Waals surface area contributed by atoms with Gasteiger partial charge in [0.15, 0.2) is 0 Å². The summed E-state index contributed by atoms with van der Waals surface area (Å²) in [5, 5.41) is 0. The van der Waals surface area contributed by atoms with E-state index in [4.69, 9.17) is 19.9 Å². The first-order valence-electron chi connectivity index (χ1n) is 4.82. The van der Waals surface area contributed by atoms with Crippen LogP contribution in [0.25, 0.3) is 0 Å². The second-order valence-electron chi connectivity index (χ2n) is 3.01. The van der Waals surface area contributed by atoms with Gasteiger partial charge in [-0.1, -0.05) is 0 Å². The monoisotopic (exact) mass is 225 g/mol. The van der Waals surface area contributed by atoms with Crippen LogP contribution in [-0.4, -0.2) is 26.8 Å². The molecule has 0 bridgehead atoms. The number of esters is 1. The Morgan fingerprint density at radius 3 is 2.38 bits per heavy atom. The number of rotatable bonds is 4. The lowest BCUT2D eigenvalue weighted by Gasteiger charge is -2.11. The summed E-state index contributed by atoms with van der Waals surface area (Å²) in [7, 11) is 2.94. The van der Waals surface area contributed by atoms with Crippen LogP contribution in [0, 0.1) is 0 Å². The number of ether oxygens (including phenoxy) is 3. The Hall–Kier alpha value is -1.91. The molecule has 5 nitrogen and oxygen atoms in total. The van der Waals surface area contributed by atoms with Gasteiger partial charge in [-0.2, -0.15) is 0 Å². The molecule has 88 valence electrons. The van der Waals surface area contributed by atoms with Crippen LogP contribution in [0.3, 0.4) is 0 Å². The molecular weight excluding hydrogens is 210 g/mol. The van der Waals surface area contributed by atoms with E-state index in [1.54, 1.807) is 6.92 Å². The number of anilines is 1. The molecule has 0 aliphatic rings. The lowest BCUT2D eigenvalue weighted by molar-refractivity contribution is 0.0522. The van der Waals surface area contributed by atoms with Crippen molar-refractivity contribution in [3.05, 3.63) is 17.7 Å². The molecule has 5 heteroatoms. The minimum absolute atomic E-state index is 0.300. The van der Waals surface area contributed by atoms with Crippen LogP contribution in [0.4, 0.5) is 5.69 Å². The highest BCUT2D eigenvalue weighted by Crippen LogP contribution is 2.31. The maximum absolute atomic E-state index is 11.6. The predicted molar refractivity (Wildman–Crippen MR) is 59.9 cm³/mol. The number of hydrogen-bond donors (Lipinski definition) is 1. The molecule has 0 atom stereocenters. The number of nitrogens with two attached hydrogens (primary N) is 1. The fourth-order valence-corrected chi connectivity index (χ4v) is 1.29. The molecule has 0 spiro atoms. The zero-order valence-corrected chi connectivity index (χ0v) is 9.57. The molecule has 1 aromatic carbocycles. The van der Waals surface area contributed by atoms with Crippen LogP contribution in [0.15, 0.2) is 12.1 Å². The third kappa shape index (κ3) is 2.36. The lowest BCUT2D eigenvalue weighted by atomic mass is 10.1. The zero-order chi connectivity index (χ0) is 12.1. The number of benzene rings is 1. The fourth-order valence-electron chi connectivity index (χ4n) is 1.29. The minimum atomic E-state index is -0.461. The Morgan fingerprint density at radius 1 is 1.25 bits per heavy atom. The van der Waals surface area contributed by atoms with Crippen molar-refractivity contribution in [3.63, 3.8) is 0 Å². The maximum Gasteiger partial charge on any atom is 0.342 e. The van der Waals surface area contributed by atoms with E-state index in [1.807, 2.05) is 0 Å². The number of carbonyl (C=O) groups excluding carboxylic acids is 1. The highest BCUT2D eigenvalue weighted by Gasteiger charge is 2.16. The molecule has 0 aromatic heterocycles. The van der Waals surface area contributed by atoms with Crippen molar-refractivity contribution in [1.82, 2.24) is 0 Å². The van der Waals surface area contributed by atoms with E-state index in [0.717, 1.165) is 0 Å². The summed E-state index contributed by atoms with van der Waals surface area (Å²) in [6, 6.07) is 3.04. The first-order chi connectivity index (χ1) is 7.63. The molecular formula is C11H15NO4. The van der Waals surface area contributed by atoms with Crippen LogP contribution < -0.4 is 15.2 Å². The molecule has 0 saturated heterocycles. The number of methoxy groups -OCH3 is 2. The largest absolute Gasteiger partial charge is 0.496 e. The Morgan fingerprint density at radius 2 is 1.88 bits per heavy atom.